The Morgan fingerprint density at radius 2 is 1.29 bits per heavy atom. The first-order valence-electron chi connectivity index (χ1n) is 8.02. The lowest BCUT2D eigenvalue weighted by Crippen LogP contribution is -2.29. The van der Waals surface area contributed by atoms with Gasteiger partial charge in [-0.2, -0.15) is 0 Å². The molecule has 0 spiro atoms. The van der Waals surface area contributed by atoms with Gasteiger partial charge in [-0.1, -0.05) is 76.9 Å². The maximum atomic E-state index is 9.61. The third-order valence-corrected chi connectivity index (χ3v) is 6.12. The zero-order valence-corrected chi connectivity index (χ0v) is 15.4. The van der Waals surface area contributed by atoms with Crippen LogP contribution in [0.4, 0.5) is 0 Å². The fraction of sp³-hybridized carbons (Fsp3) is 0.294. The quantitative estimate of drug-likeness (QED) is 0.358. The molecule has 0 atom stereocenters. The van der Waals surface area contributed by atoms with E-state index in [0.29, 0.717) is 5.46 Å². The van der Waals surface area contributed by atoms with E-state index in [0.717, 1.165) is 35.4 Å². The van der Waals surface area contributed by atoms with Gasteiger partial charge >= 0.3 is 14.0 Å². The van der Waals surface area contributed by atoms with Gasteiger partial charge in [-0.25, -0.2) is 0 Å². The van der Waals surface area contributed by atoms with Gasteiger partial charge < -0.3 is 15.1 Å². The van der Waals surface area contributed by atoms with E-state index in [1.54, 1.807) is 12.9 Å². The summed E-state index contributed by atoms with van der Waals surface area (Å²) in [6.45, 7) is 1.37. The first-order chi connectivity index (χ1) is 11.6. The first kappa shape index (κ1) is 19.5. The van der Waals surface area contributed by atoms with Gasteiger partial charge in [-0.15, -0.1) is 0 Å². The molecule has 0 saturated carbocycles. The van der Waals surface area contributed by atoms with Gasteiger partial charge in [-0.05, 0) is 34.9 Å². The third-order valence-electron chi connectivity index (χ3n) is 3.71. The molecular weight excluding hydrogens is 338 g/mol. The normalized spacial score (nSPS) is 10.7. The molecule has 2 aromatic carbocycles. The van der Waals surface area contributed by atoms with Crippen LogP contribution in [0, 0.1) is 0 Å². The topological polar surface area (TPSA) is 60.7 Å². The lowest BCUT2D eigenvalue weighted by Gasteiger charge is -2.06. The molecule has 0 amide bonds. The minimum absolute atomic E-state index is 0.416. The van der Waals surface area contributed by atoms with Crippen LogP contribution in [0.5, 0.6) is 0 Å². The number of benzene rings is 2. The summed E-state index contributed by atoms with van der Waals surface area (Å²) >= 11 is 0. The van der Waals surface area contributed by atoms with Gasteiger partial charge in [0.2, 0.25) is 0 Å². The van der Waals surface area contributed by atoms with Crippen LogP contribution in [0.25, 0.3) is 0 Å². The molecule has 0 aliphatic carbocycles. The van der Waals surface area contributed by atoms with Crippen molar-refractivity contribution >= 4 is 46.5 Å². The standard InChI is InChI=1S/C17H22B2O3S2/c1-18(20)16-6-2-4-14(12-16)8-10-23-24-11-9-15-5-3-7-17(13-15)19(21)22/h2-7,12-13,20-22H,8-11H2,1H3. The van der Waals surface area contributed by atoms with Crippen molar-refractivity contribution < 1.29 is 15.1 Å². The van der Waals surface area contributed by atoms with E-state index >= 15 is 0 Å². The van der Waals surface area contributed by atoms with Crippen LogP contribution >= 0.6 is 21.6 Å². The Kier molecular flexibility index (Phi) is 8.29. The van der Waals surface area contributed by atoms with Crippen LogP contribution in [0.3, 0.4) is 0 Å². The Labute approximate surface area is 152 Å². The summed E-state index contributed by atoms with van der Waals surface area (Å²) in [6.07, 6.45) is 1.90. The van der Waals surface area contributed by atoms with Gasteiger partial charge in [0.15, 0.2) is 0 Å². The highest BCUT2D eigenvalue weighted by Gasteiger charge is 2.10. The fourth-order valence-electron chi connectivity index (χ4n) is 2.35. The van der Waals surface area contributed by atoms with E-state index in [4.69, 9.17) is 0 Å². The maximum absolute atomic E-state index is 9.61. The molecule has 3 nitrogen and oxygen atoms in total. The first-order valence-corrected chi connectivity index (χ1v) is 10.5. The molecule has 24 heavy (non-hydrogen) atoms. The number of hydrogen-bond acceptors (Lipinski definition) is 5. The summed E-state index contributed by atoms with van der Waals surface area (Å²) < 4.78 is 0. The van der Waals surface area contributed by atoms with Crippen LogP contribution in [0.1, 0.15) is 11.1 Å². The maximum Gasteiger partial charge on any atom is 0.488 e. The van der Waals surface area contributed by atoms with Crippen molar-refractivity contribution in [1.29, 1.82) is 0 Å². The number of hydrogen-bond donors (Lipinski definition) is 3. The zero-order valence-electron chi connectivity index (χ0n) is 13.8. The van der Waals surface area contributed by atoms with Gasteiger partial charge in [0, 0.05) is 11.5 Å². The lowest BCUT2D eigenvalue weighted by atomic mass is 9.64. The van der Waals surface area contributed by atoms with Crippen LogP contribution in [0.15, 0.2) is 48.5 Å². The summed E-state index contributed by atoms with van der Waals surface area (Å²) in [4.78, 5) is 0. The van der Waals surface area contributed by atoms with Crippen molar-refractivity contribution in [2.75, 3.05) is 11.5 Å². The molecule has 0 unspecified atom stereocenters. The molecule has 0 saturated heterocycles. The zero-order chi connectivity index (χ0) is 17.4. The molecule has 0 aliphatic rings. The summed E-state index contributed by atoms with van der Waals surface area (Å²) in [5.74, 6) is 2.02. The summed E-state index contributed by atoms with van der Waals surface area (Å²) in [6, 6.07) is 15.6. The summed E-state index contributed by atoms with van der Waals surface area (Å²) in [5, 5.41) is 28.0. The predicted molar refractivity (Wildman–Crippen MR) is 109 cm³/mol. The Balaban J connectivity index is 1.67. The van der Waals surface area contributed by atoms with E-state index in [2.05, 4.69) is 12.1 Å². The Morgan fingerprint density at radius 1 is 0.792 bits per heavy atom. The second-order valence-electron chi connectivity index (χ2n) is 5.68. The number of aryl methyl sites for hydroxylation is 2. The average Bonchev–Trinajstić information content (AvgIpc) is 2.58. The average molecular weight is 360 g/mol. The summed E-state index contributed by atoms with van der Waals surface area (Å²) in [5.41, 5.74) is 3.89. The van der Waals surface area contributed by atoms with Crippen molar-refractivity contribution in [2.45, 2.75) is 19.7 Å². The molecule has 0 aromatic heterocycles. The van der Waals surface area contributed by atoms with Crippen LogP contribution in [0.2, 0.25) is 6.82 Å². The predicted octanol–water partition coefficient (Wildman–Crippen LogP) is 1.35. The van der Waals surface area contributed by atoms with Crippen LogP contribution in [-0.4, -0.2) is 40.6 Å². The second-order valence-corrected chi connectivity index (χ2v) is 8.39. The molecule has 126 valence electrons. The molecule has 0 aliphatic heterocycles. The van der Waals surface area contributed by atoms with E-state index < -0.39 is 14.0 Å². The van der Waals surface area contributed by atoms with E-state index in [-0.39, 0.29) is 0 Å². The van der Waals surface area contributed by atoms with Crippen molar-refractivity contribution in [3.63, 3.8) is 0 Å². The Hall–Kier alpha value is -0.850. The molecule has 2 rings (SSSR count). The minimum Gasteiger partial charge on any atom is -0.447 e. The van der Waals surface area contributed by atoms with Crippen molar-refractivity contribution in [1.82, 2.24) is 0 Å². The van der Waals surface area contributed by atoms with E-state index in [1.165, 1.54) is 5.56 Å². The lowest BCUT2D eigenvalue weighted by molar-refractivity contribution is 0.425. The van der Waals surface area contributed by atoms with Gasteiger partial charge in [0.25, 0.3) is 0 Å². The fourth-order valence-corrected chi connectivity index (χ4v) is 4.44. The second kappa shape index (κ2) is 10.2. The molecule has 0 radical (unpaired) electrons. The SMILES string of the molecule is CB(O)c1cccc(CCSSCCc2cccc(B(O)O)c2)c1. The molecule has 0 bridgehead atoms. The van der Waals surface area contributed by atoms with Crippen molar-refractivity contribution in [3.8, 4) is 0 Å². The van der Waals surface area contributed by atoms with Crippen LogP contribution in [-0.2, 0) is 12.8 Å². The highest BCUT2D eigenvalue weighted by atomic mass is 33.1. The molecule has 0 heterocycles. The van der Waals surface area contributed by atoms with Gasteiger partial charge in [0.1, 0.15) is 0 Å². The molecule has 0 fully saturated rings. The molecule has 7 heteroatoms. The van der Waals surface area contributed by atoms with Crippen molar-refractivity contribution in [3.05, 3.63) is 59.7 Å². The molecule has 3 N–H and O–H groups in total. The minimum atomic E-state index is -1.40. The third kappa shape index (κ3) is 6.57. The molecular formula is C17H22B2O3S2. The van der Waals surface area contributed by atoms with Crippen molar-refractivity contribution in [2.24, 2.45) is 0 Å². The van der Waals surface area contributed by atoms with E-state index in [1.807, 2.05) is 51.9 Å². The largest absolute Gasteiger partial charge is 0.488 e. The van der Waals surface area contributed by atoms with Gasteiger partial charge in [-0.3, -0.25) is 0 Å². The molecule has 2 aromatic rings. The Bertz CT molecular complexity index is 583. The summed E-state index contributed by atoms with van der Waals surface area (Å²) in [7, 11) is 2.28. The Morgan fingerprint density at radius 3 is 1.79 bits per heavy atom. The van der Waals surface area contributed by atoms with E-state index in [9.17, 15) is 15.1 Å². The highest BCUT2D eigenvalue weighted by molar-refractivity contribution is 8.76. The number of rotatable bonds is 9. The van der Waals surface area contributed by atoms with Gasteiger partial charge in [0.05, 0.1) is 0 Å². The monoisotopic (exact) mass is 360 g/mol. The van der Waals surface area contributed by atoms with Crippen LogP contribution < -0.4 is 10.9 Å². The smallest absolute Gasteiger partial charge is 0.447 e. The highest BCUT2D eigenvalue weighted by Crippen LogP contribution is 2.23.